The van der Waals surface area contributed by atoms with E-state index in [0.29, 0.717) is 12.3 Å². The van der Waals surface area contributed by atoms with E-state index in [0.717, 1.165) is 41.8 Å². The van der Waals surface area contributed by atoms with Gasteiger partial charge in [-0.15, -0.1) is 11.3 Å². The highest BCUT2D eigenvalue weighted by Gasteiger charge is 2.31. The van der Waals surface area contributed by atoms with Gasteiger partial charge in [0.2, 0.25) is 11.8 Å². The van der Waals surface area contributed by atoms with Crippen LogP contribution in [0.25, 0.3) is 10.2 Å². The number of hydrogen-bond donors (Lipinski definition) is 1. The van der Waals surface area contributed by atoms with E-state index in [1.165, 1.54) is 23.3 Å². The lowest BCUT2D eigenvalue weighted by atomic mass is 9.89. The number of aromatic nitrogens is 2. The molecule has 2 heterocycles. The van der Waals surface area contributed by atoms with Crippen LogP contribution in [0.1, 0.15) is 61.8 Å². The summed E-state index contributed by atoms with van der Waals surface area (Å²) in [5.41, 5.74) is 6.66. The molecule has 1 saturated carbocycles. The zero-order valence-corrected chi connectivity index (χ0v) is 14.8. The van der Waals surface area contributed by atoms with Gasteiger partial charge in [0.1, 0.15) is 17.3 Å². The van der Waals surface area contributed by atoms with Crippen molar-refractivity contribution < 1.29 is 9.53 Å². The first-order valence-electron chi connectivity index (χ1n) is 8.83. The third-order valence-electron chi connectivity index (χ3n) is 5.38. The number of fused-ring (bicyclic) bond motifs is 3. The maximum absolute atomic E-state index is 11.4. The first kappa shape index (κ1) is 15.8. The molecule has 1 atom stereocenters. The Balaban J connectivity index is 1.68. The Bertz CT molecular complexity index is 765. The van der Waals surface area contributed by atoms with Gasteiger partial charge in [-0.3, -0.25) is 4.79 Å². The molecule has 0 aliphatic heterocycles. The molecule has 128 valence electrons. The van der Waals surface area contributed by atoms with E-state index < -0.39 is 0 Å². The van der Waals surface area contributed by atoms with Crippen LogP contribution in [-0.2, 0) is 11.2 Å². The Morgan fingerprint density at radius 2 is 2.08 bits per heavy atom. The van der Waals surface area contributed by atoms with E-state index in [4.69, 9.17) is 10.5 Å². The number of ether oxygens (including phenoxy) is 1. The normalized spacial score (nSPS) is 26.5. The Morgan fingerprint density at radius 3 is 2.83 bits per heavy atom. The van der Waals surface area contributed by atoms with Crippen molar-refractivity contribution in [2.75, 3.05) is 0 Å². The molecule has 2 aliphatic rings. The van der Waals surface area contributed by atoms with Crippen molar-refractivity contribution in [1.82, 2.24) is 9.97 Å². The zero-order chi connectivity index (χ0) is 16.7. The molecule has 4 rings (SSSR count). The first-order chi connectivity index (χ1) is 11.6. The molecular formula is C18H23N3O2S. The van der Waals surface area contributed by atoms with Crippen molar-refractivity contribution in [3.05, 3.63) is 16.8 Å². The number of nitrogens with zero attached hydrogens (tertiary/aromatic N) is 2. The van der Waals surface area contributed by atoms with Gasteiger partial charge in [-0.2, -0.15) is 0 Å². The van der Waals surface area contributed by atoms with E-state index in [-0.39, 0.29) is 17.9 Å². The monoisotopic (exact) mass is 345 g/mol. The van der Waals surface area contributed by atoms with Crippen LogP contribution in [0, 0.1) is 5.92 Å². The topological polar surface area (TPSA) is 78.1 Å². The largest absolute Gasteiger partial charge is 0.474 e. The molecule has 0 bridgehead atoms. The Kier molecular flexibility index (Phi) is 4.16. The van der Waals surface area contributed by atoms with Crippen LogP contribution < -0.4 is 10.5 Å². The van der Waals surface area contributed by atoms with E-state index in [1.54, 1.807) is 17.7 Å². The fourth-order valence-electron chi connectivity index (χ4n) is 4.08. The number of carbonyl (C=O) groups is 1. The van der Waals surface area contributed by atoms with Crippen molar-refractivity contribution in [3.8, 4) is 5.88 Å². The summed E-state index contributed by atoms with van der Waals surface area (Å²) in [5, 5.41) is 1.03. The number of hydrogen-bond acceptors (Lipinski definition) is 5. The number of thiophene rings is 1. The summed E-state index contributed by atoms with van der Waals surface area (Å²) in [6, 6.07) is 0. The quantitative estimate of drug-likeness (QED) is 0.919. The second-order valence-electron chi connectivity index (χ2n) is 7.20. The molecule has 2 aromatic heterocycles. The summed E-state index contributed by atoms with van der Waals surface area (Å²) >= 11 is 1.71. The number of carbonyl (C=O) groups excluding carboxylic acids is 1. The van der Waals surface area contributed by atoms with Gasteiger partial charge in [0, 0.05) is 11.3 Å². The minimum Gasteiger partial charge on any atom is -0.474 e. The van der Waals surface area contributed by atoms with E-state index in [1.807, 2.05) is 0 Å². The number of primary amides is 1. The molecule has 1 fully saturated rings. The third kappa shape index (κ3) is 2.88. The fraction of sp³-hybridized carbons (Fsp3) is 0.611. The Hall–Kier alpha value is -1.69. The average molecular weight is 345 g/mol. The number of aryl methyl sites for hydroxylation is 1. The predicted molar refractivity (Wildman–Crippen MR) is 94.3 cm³/mol. The van der Waals surface area contributed by atoms with Gasteiger partial charge in [-0.25, -0.2) is 9.97 Å². The second kappa shape index (κ2) is 6.31. The molecule has 1 amide bonds. The highest BCUT2D eigenvalue weighted by molar-refractivity contribution is 7.19. The minimum absolute atomic E-state index is 0.186. The van der Waals surface area contributed by atoms with Gasteiger partial charge in [0.15, 0.2) is 0 Å². The molecule has 1 unspecified atom stereocenters. The lowest BCUT2D eigenvalue weighted by molar-refractivity contribution is -0.118. The summed E-state index contributed by atoms with van der Waals surface area (Å²) in [5.74, 6) is 1.44. The van der Waals surface area contributed by atoms with Crippen molar-refractivity contribution in [3.63, 3.8) is 0 Å². The maximum atomic E-state index is 11.4. The average Bonchev–Trinajstić information content (AvgIpc) is 3.09. The molecule has 0 saturated heterocycles. The molecule has 5 nitrogen and oxygen atoms in total. The second-order valence-corrected chi connectivity index (χ2v) is 8.29. The fourth-order valence-corrected chi connectivity index (χ4v) is 5.31. The third-order valence-corrected chi connectivity index (χ3v) is 6.56. The SMILES string of the molecule is CC1CCC(Oc2ncnc3sc4c(c23)C(CC(N)=O)CC4)CC1. The molecular weight excluding hydrogens is 322 g/mol. The summed E-state index contributed by atoms with van der Waals surface area (Å²) in [6.07, 6.45) is 8.81. The molecule has 2 aromatic rings. The molecule has 0 aromatic carbocycles. The summed E-state index contributed by atoms with van der Waals surface area (Å²) in [4.78, 5) is 22.6. The van der Waals surface area contributed by atoms with Gasteiger partial charge in [-0.1, -0.05) is 6.92 Å². The van der Waals surface area contributed by atoms with E-state index >= 15 is 0 Å². The van der Waals surface area contributed by atoms with E-state index in [9.17, 15) is 4.79 Å². The number of amides is 1. The van der Waals surface area contributed by atoms with Crippen molar-refractivity contribution in [2.24, 2.45) is 11.7 Å². The van der Waals surface area contributed by atoms with Gasteiger partial charge in [0.05, 0.1) is 5.39 Å². The lowest BCUT2D eigenvalue weighted by Crippen LogP contribution is -2.23. The summed E-state index contributed by atoms with van der Waals surface area (Å²) in [7, 11) is 0. The van der Waals surface area contributed by atoms with Gasteiger partial charge in [-0.05, 0) is 55.9 Å². The summed E-state index contributed by atoms with van der Waals surface area (Å²) < 4.78 is 6.29. The van der Waals surface area contributed by atoms with E-state index in [2.05, 4.69) is 16.9 Å². The molecule has 6 heteroatoms. The molecule has 0 radical (unpaired) electrons. The highest BCUT2D eigenvalue weighted by Crippen LogP contribution is 2.47. The molecule has 0 spiro atoms. The van der Waals surface area contributed by atoms with Crippen LogP contribution in [0.3, 0.4) is 0 Å². The van der Waals surface area contributed by atoms with Crippen LogP contribution >= 0.6 is 11.3 Å². The predicted octanol–water partition coefficient (Wildman–Crippen LogP) is 3.55. The van der Waals surface area contributed by atoms with Crippen molar-refractivity contribution in [1.29, 1.82) is 0 Å². The van der Waals surface area contributed by atoms with Crippen molar-refractivity contribution in [2.45, 2.75) is 63.9 Å². The molecule has 2 N–H and O–H groups in total. The lowest BCUT2D eigenvalue weighted by Gasteiger charge is -2.26. The summed E-state index contributed by atoms with van der Waals surface area (Å²) in [6.45, 7) is 2.30. The number of rotatable bonds is 4. The van der Waals surface area contributed by atoms with Crippen LogP contribution in [0.5, 0.6) is 5.88 Å². The van der Waals surface area contributed by atoms with Crippen LogP contribution in [0.2, 0.25) is 0 Å². The maximum Gasteiger partial charge on any atom is 0.225 e. The smallest absolute Gasteiger partial charge is 0.225 e. The molecule has 2 aliphatic carbocycles. The van der Waals surface area contributed by atoms with Gasteiger partial charge < -0.3 is 10.5 Å². The van der Waals surface area contributed by atoms with Gasteiger partial charge >= 0.3 is 0 Å². The molecule has 24 heavy (non-hydrogen) atoms. The number of nitrogens with two attached hydrogens (primary N) is 1. The van der Waals surface area contributed by atoms with Crippen LogP contribution in [-0.4, -0.2) is 22.0 Å². The first-order valence-corrected chi connectivity index (χ1v) is 9.64. The zero-order valence-electron chi connectivity index (χ0n) is 14.0. The highest BCUT2D eigenvalue weighted by atomic mass is 32.1. The van der Waals surface area contributed by atoms with Crippen LogP contribution in [0.4, 0.5) is 0 Å². The Labute approximate surface area is 145 Å². The Morgan fingerprint density at radius 1 is 1.29 bits per heavy atom. The van der Waals surface area contributed by atoms with Crippen LogP contribution in [0.15, 0.2) is 6.33 Å². The standard InChI is InChI=1S/C18H23N3O2S/c1-10-2-5-12(6-3-10)23-17-16-15-11(8-14(19)22)4-7-13(15)24-18(16)21-9-20-17/h9-12H,2-8H2,1H3,(H2,19,22). The van der Waals surface area contributed by atoms with Gasteiger partial charge in [0.25, 0.3) is 0 Å². The van der Waals surface area contributed by atoms with Crippen molar-refractivity contribution >= 4 is 27.5 Å². The minimum atomic E-state index is -0.243.